The van der Waals surface area contributed by atoms with Crippen LogP contribution in [0.3, 0.4) is 0 Å². The highest BCUT2D eigenvalue weighted by Gasteiger charge is 2.13. The second kappa shape index (κ2) is 8.79. The van der Waals surface area contributed by atoms with Gasteiger partial charge in [0.1, 0.15) is 0 Å². The number of aliphatic hydroxyl groups excluding tert-OH is 1. The van der Waals surface area contributed by atoms with Crippen LogP contribution < -0.4 is 10.6 Å². The van der Waals surface area contributed by atoms with Crippen LogP contribution in [-0.2, 0) is 11.3 Å². The predicted octanol–water partition coefficient (Wildman–Crippen LogP) is 2.77. The second-order valence-corrected chi connectivity index (χ2v) is 4.82. The first-order chi connectivity index (χ1) is 9.62. The maximum absolute atomic E-state index is 11.9. The minimum Gasteiger partial charge on any atom is -0.396 e. The van der Waals surface area contributed by atoms with Crippen LogP contribution in [0.2, 0.25) is 5.02 Å². The fourth-order valence-corrected chi connectivity index (χ4v) is 2.07. The van der Waals surface area contributed by atoms with E-state index in [1.807, 2.05) is 6.92 Å². The average molecular weight is 301 g/mol. The molecule has 20 heavy (non-hydrogen) atoms. The van der Waals surface area contributed by atoms with E-state index in [1.54, 1.807) is 25.3 Å². The molecule has 0 radical (unpaired) electrons. The molecule has 1 rings (SSSR count). The number of nitrogens with one attached hydrogen (secondary N) is 2. The van der Waals surface area contributed by atoms with Crippen molar-refractivity contribution in [2.24, 2.45) is 0 Å². The van der Waals surface area contributed by atoms with E-state index in [0.717, 1.165) is 12.0 Å². The van der Waals surface area contributed by atoms with Crippen LogP contribution >= 0.6 is 11.6 Å². The molecule has 0 saturated carbocycles. The number of benzene rings is 1. The molecule has 0 aliphatic carbocycles. The number of carbonyl (C=O) groups excluding carboxylic acids is 1. The number of anilines is 1. The third-order valence-electron chi connectivity index (χ3n) is 2.96. The quantitative estimate of drug-likeness (QED) is 0.725. The Bertz CT molecular complexity index is 440. The molecule has 1 unspecified atom stereocenters. The summed E-state index contributed by atoms with van der Waals surface area (Å²) in [5.41, 5.74) is 1.36. The monoisotopic (exact) mass is 300 g/mol. The van der Waals surface area contributed by atoms with Crippen molar-refractivity contribution in [1.82, 2.24) is 5.32 Å². The van der Waals surface area contributed by atoms with Crippen molar-refractivity contribution in [1.29, 1.82) is 0 Å². The van der Waals surface area contributed by atoms with E-state index < -0.39 is 0 Å². The molecule has 1 aromatic rings. The van der Waals surface area contributed by atoms with Gasteiger partial charge in [-0.2, -0.15) is 0 Å². The normalized spacial score (nSPS) is 12.0. The highest BCUT2D eigenvalue weighted by Crippen LogP contribution is 2.25. The smallest absolute Gasteiger partial charge is 0.319 e. The summed E-state index contributed by atoms with van der Waals surface area (Å²) >= 11 is 6.09. The number of amides is 2. The zero-order valence-electron chi connectivity index (χ0n) is 11.8. The van der Waals surface area contributed by atoms with Crippen LogP contribution in [0.25, 0.3) is 0 Å². The first-order valence-electron chi connectivity index (χ1n) is 6.57. The number of hydrogen-bond donors (Lipinski definition) is 3. The van der Waals surface area contributed by atoms with E-state index in [9.17, 15) is 4.79 Å². The molecule has 3 N–H and O–H groups in total. The number of carbonyl (C=O) groups is 1. The Balaban J connectivity index is 2.72. The molecule has 0 spiro atoms. The number of methoxy groups -OCH3 is 1. The van der Waals surface area contributed by atoms with Crippen LogP contribution in [0.1, 0.15) is 25.3 Å². The van der Waals surface area contributed by atoms with Crippen molar-refractivity contribution in [2.45, 2.75) is 32.4 Å². The fourth-order valence-electron chi connectivity index (χ4n) is 1.84. The van der Waals surface area contributed by atoms with Gasteiger partial charge in [0.25, 0.3) is 0 Å². The van der Waals surface area contributed by atoms with E-state index in [4.69, 9.17) is 21.4 Å². The first kappa shape index (κ1) is 16.8. The summed E-state index contributed by atoms with van der Waals surface area (Å²) in [6, 6.07) is 4.92. The number of aliphatic hydroxyl groups is 1. The summed E-state index contributed by atoms with van der Waals surface area (Å²) in [5.74, 6) is 0. The standard InChI is InChI=1S/C14H21ClN2O3/c1-3-10(7-8-18)16-14(19)17-13-6-4-5-12(15)11(13)9-20-2/h4-6,10,18H,3,7-9H2,1-2H3,(H2,16,17,19). The Kier molecular flexibility index (Phi) is 7.36. The van der Waals surface area contributed by atoms with Crippen LogP contribution in [0, 0.1) is 0 Å². The summed E-state index contributed by atoms with van der Waals surface area (Å²) < 4.78 is 5.08. The van der Waals surface area contributed by atoms with Gasteiger partial charge in [0, 0.05) is 36.0 Å². The van der Waals surface area contributed by atoms with Gasteiger partial charge in [0.2, 0.25) is 0 Å². The van der Waals surface area contributed by atoms with Crippen LogP contribution in [0.5, 0.6) is 0 Å². The summed E-state index contributed by atoms with van der Waals surface area (Å²) in [6.07, 6.45) is 1.29. The Hall–Kier alpha value is -1.30. The number of rotatable bonds is 7. The van der Waals surface area contributed by atoms with Gasteiger partial charge in [-0.25, -0.2) is 4.79 Å². The highest BCUT2D eigenvalue weighted by molar-refractivity contribution is 6.31. The van der Waals surface area contributed by atoms with Gasteiger partial charge in [-0.1, -0.05) is 24.6 Å². The molecule has 112 valence electrons. The SMILES string of the molecule is CCC(CCO)NC(=O)Nc1cccc(Cl)c1COC. The topological polar surface area (TPSA) is 70.6 Å². The van der Waals surface area contributed by atoms with E-state index in [2.05, 4.69) is 10.6 Å². The van der Waals surface area contributed by atoms with Crippen molar-refractivity contribution in [3.63, 3.8) is 0 Å². The lowest BCUT2D eigenvalue weighted by Crippen LogP contribution is -2.38. The van der Waals surface area contributed by atoms with E-state index in [0.29, 0.717) is 23.7 Å². The van der Waals surface area contributed by atoms with Crippen molar-refractivity contribution in [2.75, 3.05) is 19.0 Å². The highest BCUT2D eigenvalue weighted by atomic mass is 35.5. The Morgan fingerprint density at radius 2 is 2.25 bits per heavy atom. The van der Waals surface area contributed by atoms with Crippen LogP contribution in [0.15, 0.2) is 18.2 Å². The Labute approximate surface area is 124 Å². The molecule has 0 aliphatic rings. The van der Waals surface area contributed by atoms with Gasteiger partial charge < -0.3 is 20.5 Å². The van der Waals surface area contributed by atoms with Gasteiger partial charge in [0.15, 0.2) is 0 Å². The second-order valence-electron chi connectivity index (χ2n) is 4.41. The number of urea groups is 1. The Morgan fingerprint density at radius 1 is 1.50 bits per heavy atom. The van der Waals surface area contributed by atoms with Gasteiger partial charge in [-0.05, 0) is 25.0 Å². The maximum atomic E-state index is 11.9. The number of hydrogen-bond acceptors (Lipinski definition) is 3. The Morgan fingerprint density at radius 3 is 2.85 bits per heavy atom. The lowest BCUT2D eigenvalue weighted by Gasteiger charge is -2.18. The fraction of sp³-hybridized carbons (Fsp3) is 0.500. The molecule has 6 heteroatoms. The van der Waals surface area contributed by atoms with E-state index in [-0.39, 0.29) is 18.7 Å². The molecule has 5 nitrogen and oxygen atoms in total. The lowest BCUT2D eigenvalue weighted by molar-refractivity contribution is 0.185. The van der Waals surface area contributed by atoms with E-state index >= 15 is 0 Å². The molecule has 1 aromatic carbocycles. The largest absolute Gasteiger partial charge is 0.396 e. The minimum atomic E-state index is -0.315. The molecule has 0 aliphatic heterocycles. The zero-order chi connectivity index (χ0) is 15.0. The van der Waals surface area contributed by atoms with Crippen molar-refractivity contribution in [3.05, 3.63) is 28.8 Å². The summed E-state index contributed by atoms with van der Waals surface area (Å²) in [4.78, 5) is 11.9. The number of ether oxygens (including phenoxy) is 1. The summed E-state index contributed by atoms with van der Waals surface area (Å²) in [5, 5.41) is 15.0. The van der Waals surface area contributed by atoms with Crippen molar-refractivity contribution in [3.8, 4) is 0 Å². The van der Waals surface area contributed by atoms with Gasteiger partial charge in [0.05, 0.1) is 6.61 Å². The van der Waals surface area contributed by atoms with Crippen LogP contribution in [0.4, 0.5) is 10.5 Å². The van der Waals surface area contributed by atoms with Crippen molar-refractivity contribution >= 4 is 23.3 Å². The van der Waals surface area contributed by atoms with Crippen molar-refractivity contribution < 1.29 is 14.6 Å². The predicted molar refractivity (Wildman–Crippen MR) is 80.1 cm³/mol. The maximum Gasteiger partial charge on any atom is 0.319 e. The van der Waals surface area contributed by atoms with Gasteiger partial charge >= 0.3 is 6.03 Å². The zero-order valence-corrected chi connectivity index (χ0v) is 12.5. The summed E-state index contributed by atoms with van der Waals surface area (Å²) in [6.45, 7) is 2.32. The molecule has 0 bridgehead atoms. The third kappa shape index (κ3) is 5.00. The average Bonchev–Trinajstić information content (AvgIpc) is 2.42. The molecule has 0 fully saturated rings. The van der Waals surface area contributed by atoms with Gasteiger partial charge in [-0.3, -0.25) is 0 Å². The lowest BCUT2D eigenvalue weighted by atomic mass is 10.1. The summed E-state index contributed by atoms with van der Waals surface area (Å²) in [7, 11) is 1.57. The first-order valence-corrected chi connectivity index (χ1v) is 6.94. The number of halogens is 1. The van der Waals surface area contributed by atoms with E-state index in [1.165, 1.54) is 0 Å². The van der Waals surface area contributed by atoms with Gasteiger partial charge in [-0.15, -0.1) is 0 Å². The molecule has 0 aromatic heterocycles. The minimum absolute atomic E-state index is 0.0465. The molecule has 0 saturated heterocycles. The molecule has 2 amide bonds. The van der Waals surface area contributed by atoms with Crippen LogP contribution in [-0.4, -0.2) is 30.9 Å². The molecular formula is C14H21ClN2O3. The molecule has 0 heterocycles. The third-order valence-corrected chi connectivity index (χ3v) is 3.32. The molecular weight excluding hydrogens is 280 g/mol. The molecule has 1 atom stereocenters.